The average Bonchev–Trinajstić information content (AvgIpc) is 2.29. The molecule has 0 aliphatic rings. The van der Waals surface area contributed by atoms with E-state index in [9.17, 15) is 0 Å². The van der Waals surface area contributed by atoms with Crippen molar-refractivity contribution < 1.29 is 0 Å². The predicted molar refractivity (Wildman–Crippen MR) is 81.9 cm³/mol. The molecule has 1 N–H and O–H groups in total. The quantitative estimate of drug-likeness (QED) is 0.560. The molecular formula is C14H22BrNS. The Bertz CT molecular complexity index is 341. The van der Waals surface area contributed by atoms with Crippen LogP contribution in [0.15, 0.2) is 27.6 Å². The summed E-state index contributed by atoms with van der Waals surface area (Å²) in [6.45, 7) is 7.57. The van der Waals surface area contributed by atoms with Crippen molar-refractivity contribution >= 4 is 27.7 Å². The molecule has 96 valence electrons. The number of nitrogens with one attached hydrogen (secondary N) is 1. The molecule has 0 saturated carbocycles. The number of benzene rings is 1. The molecular weight excluding hydrogens is 294 g/mol. The zero-order valence-corrected chi connectivity index (χ0v) is 13.3. The van der Waals surface area contributed by atoms with E-state index in [-0.39, 0.29) is 0 Å². The molecule has 1 nitrogen and oxygen atoms in total. The van der Waals surface area contributed by atoms with Gasteiger partial charge >= 0.3 is 0 Å². The predicted octanol–water partition coefficient (Wildman–Crippen LogP) is 5.01. The van der Waals surface area contributed by atoms with Gasteiger partial charge in [0.15, 0.2) is 0 Å². The van der Waals surface area contributed by atoms with Gasteiger partial charge in [-0.2, -0.15) is 0 Å². The van der Waals surface area contributed by atoms with E-state index < -0.39 is 0 Å². The molecule has 0 spiro atoms. The standard InChI is InChI=1S/C14H22BrNS/c1-4-6-9-17-12-7-8-13(14(15)10-12)11(3)16-5-2/h7-8,10-11,16H,4-6,9H2,1-3H3. The Morgan fingerprint density at radius 1 is 1.35 bits per heavy atom. The number of hydrogen-bond acceptors (Lipinski definition) is 2. The first-order valence-corrected chi connectivity index (χ1v) is 8.12. The molecule has 17 heavy (non-hydrogen) atoms. The molecule has 1 aromatic carbocycles. The zero-order chi connectivity index (χ0) is 12.7. The summed E-state index contributed by atoms with van der Waals surface area (Å²) in [7, 11) is 0. The van der Waals surface area contributed by atoms with E-state index >= 15 is 0 Å². The lowest BCUT2D eigenvalue weighted by molar-refractivity contribution is 0.595. The van der Waals surface area contributed by atoms with E-state index in [1.807, 2.05) is 11.8 Å². The second kappa shape index (κ2) is 8.17. The van der Waals surface area contributed by atoms with Crippen molar-refractivity contribution in [2.24, 2.45) is 0 Å². The summed E-state index contributed by atoms with van der Waals surface area (Å²) in [6.07, 6.45) is 2.56. The van der Waals surface area contributed by atoms with Crippen LogP contribution in [0.4, 0.5) is 0 Å². The Labute approximate surface area is 118 Å². The fourth-order valence-corrected chi connectivity index (χ4v) is 3.61. The van der Waals surface area contributed by atoms with Crippen LogP contribution >= 0.6 is 27.7 Å². The number of thioether (sulfide) groups is 1. The Morgan fingerprint density at radius 2 is 2.12 bits per heavy atom. The van der Waals surface area contributed by atoms with Gasteiger partial charge in [0.05, 0.1) is 0 Å². The van der Waals surface area contributed by atoms with Gasteiger partial charge in [-0.15, -0.1) is 11.8 Å². The molecule has 1 atom stereocenters. The Kier molecular flexibility index (Phi) is 7.24. The summed E-state index contributed by atoms with van der Waals surface area (Å²) in [5.41, 5.74) is 1.34. The van der Waals surface area contributed by atoms with Crippen LogP contribution in [0.5, 0.6) is 0 Å². The third-order valence-electron chi connectivity index (χ3n) is 2.72. The van der Waals surface area contributed by atoms with Gasteiger partial charge in [0.1, 0.15) is 0 Å². The Hall–Kier alpha value is 0.01000. The number of rotatable bonds is 7. The molecule has 0 radical (unpaired) electrons. The van der Waals surface area contributed by atoms with Crippen molar-refractivity contribution in [3.8, 4) is 0 Å². The first kappa shape index (κ1) is 15.1. The normalized spacial score (nSPS) is 12.7. The maximum Gasteiger partial charge on any atom is 0.0302 e. The van der Waals surface area contributed by atoms with Crippen LogP contribution < -0.4 is 5.32 Å². The first-order chi connectivity index (χ1) is 8.19. The fraction of sp³-hybridized carbons (Fsp3) is 0.571. The van der Waals surface area contributed by atoms with E-state index in [1.54, 1.807) is 0 Å². The van der Waals surface area contributed by atoms with Crippen LogP contribution in [0.3, 0.4) is 0 Å². The number of halogens is 1. The maximum atomic E-state index is 3.67. The summed E-state index contributed by atoms with van der Waals surface area (Å²) in [4.78, 5) is 1.36. The minimum atomic E-state index is 0.407. The van der Waals surface area contributed by atoms with Gasteiger partial charge in [0.25, 0.3) is 0 Å². The minimum absolute atomic E-state index is 0.407. The highest BCUT2D eigenvalue weighted by atomic mass is 79.9. The number of unbranched alkanes of at least 4 members (excludes halogenated alkanes) is 1. The number of hydrogen-bond donors (Lipinski definition) is 1. The summed E-state index contributed by atoms with van der Waals surface area (Å²) < 4.78 is 1.22. The highest BCUT2D eigenvalue weighted by Gasteiger charge is 2.08. The minimum Gasteiger partial charge on any atom is -0.310 e. The largest absolute Gasteiger partial charge is 0.310 e. The molecule has 0 heterocycles. The third kappa shape index (κ3) is 5.02. The van der Waals surface area contributed by atoms with Crippen molar-refractivity contribution in [1.82, 2.24) is 5.32 Å². The van der Waals surface area contributed by atoms with Gasteiger partial charge in [-0.05, 0) is 43.3 Å². The average molecular weight is 316 g/mol. The van der Waals surface area contributed by atoms with E-state index in [0.29, 0.717) is 6.04 Å². The summed E-state index contributed by atoms with van der Waals surface area (Å²) in [6, 6.07) is 7.10. The van der Waals surface area contributed by atoms with Gasteiger partial charge in [0, 0.05) is 15.4 Å². The second-order valence-corrected chi connectivity index (χ2v) is 6.19. The fourth-order valence-electron chi connectivity index (χ4n) is 1.70. The van der Waals surface area contributed by atoms with Crippen LogP contribution in [0, 0.1) is 0 Å². The summed E-state index contributed by atoms with van der Waals surface area (Å²) >= 11 is 5.62. The third-order valence-corrected chi connectivity index (χ3v) is 4.48. The molecule has 1 aromatic rings. The van der Waals surface area contributed by atoms with Gasteiger partial charge in [0.2, 0.25) is 0 Å². The van der Waals surface area contributed by atoms with E-state index in [1.165, 1.54) is 33.5 Å². The van der Waals surface area contributed by atoms with Crippen molar-refractivity contribution in [3.05, 3.63) is 28.2 Å². The molecule has 3 heteroatoms. The lowest BCUT2D eigenvalue weighted by Gasteiger charge is -2.15. The zero-order valence-electron chi connectivity index (χ0n) is 10.9. The monoisotopic (exact) mass is 315 g/mol. The van der Waals surface area contributed by atoms with Crippen LogP contribution in [-0.2, 0) is 0 Å². The molecule has 0 fully saturated rings. The van der Waals surface area contributed by atoms with Gasteiger partial charge in [-0.1, -0.05) is 42.3 Å². The van der Waals surface area contributed by atoms with E-state index in [4.69, 9.17) is 0 Å². The van der Waals surface area contributed by atoms with Gasteiger partial charge in [-0.3, -0.25) is 0 Å². The highest BCUT2D eigenvalue weighted by Crippen LogP contribution is 2.29. The van der Waals surface area contributed by atoms with E-state index in [0.717, 1.165) is 6.54 Å². The molecule has 1 unspecified atom stereocenters. The maximum absolute atomic E-state index is 3.67. The Morgan fingerprint density at radius 3 is 2.71 bits per heavy atom. The molecule has 0 aliphatic carbocycles. The van der Waals surface area contributed by atoms with Crippen molar-refractivity contribution in [1.29, 1.82) is 0 Å². The smallest absolute Gasteiger partial charge is 0.0302 e. The van der Waals surface area contributed by atoms with Gasteiger partial charge < -0.3 is 5.32 Å². The van der Waals surface area contributed by atoms with Gasteiger partial charge in [-0.25, -0.2) is 0 Å². The molecule has 0 aromatic heterocycles. The van der Waals surface area contributed by atoms with Crippen LogP contribution in [-0.4, -0.2) is 12.3 Å². The van der Waals surface area contributed by atoms with Crippen molar-refractivity contribution in [2.75, 3.05) is 12.3 Å². The topological polar surface area (TPSA) is 12.0 Å². The molecule has 0 saturated heterocycles. The molecule has 1 rings (SSSR count). The molecule has 0 bridgehead atoms. The lowest BCUT2D eigenvalue weighted by Crippen LogP contribution is -2.18. The summed E-state index contributed by atoms with van der Waals surface area (Å²) in [5, 5.41) is 3.44. The molecule has 0 aliphatic heterocycles. The van der Waals surface area contributed by atoms with Crippen molar-refractivity contribution in [3.63, 3.8) is 0 Å². The first-order valence-electron chi connectivity index (χ1n) is 6.34. The van der Waals surface area contributed by atoms with Crippen molar-refractivity contribution in [2.45, 2.75) is 44.6 Å². The van der Waals surface area contributed by atoms with Crippen LogP contribution in [0.1, 0.15) is 45.2 Å². The molecule has 0 amide bonds. The lowest BCUT2D eigenvalue weighted by atomic mass is 10.1. The second-order valence-electron chi connectivity index (χ2n) is 4.16. The van der Waals surface area contributed by atoms with Crippen LogP contribution in [0.25, 0.3) is 0 Å². The van der Waals surface area contributed by atoms with E-state index in [2.05, 4.69) is 60.2 Å². The Balaban J connectivity index is 2.65. The van der Waals surface area contributed by atoms with Crippen LogP contribution in [0.2, 0.25) is 0 Å². The summed E-state index contributed by atoms with van der Waals surface area (Å²) in [5.74, 6) is 1.21. The highest BCUT2D eigenvalue weighted by molar-refractivity contribution is 9.10. The SMILES string of the molecule is CCCCSc1ccc(C(C)NCC)c(Br)c1.